The Morgan fingerprint density at radius 2 is 2.00 bits per heavy atom. The topological polar surface area (TPSA) is 60.5 Å². The molecular weight excluding hydrogens is 366 g/mol. The van der Waals surface area contributed by atoms with E-state index >= 15 is 0 Å². The van der Waals surface area contributed by atoms with E-state index in [0.29, 0.717) is 36.0 Å². The van der Waals surface area contributed by atoms with Gasteiger partial charge in [-0.3, -0.25) is 4.79 Å². The minimum atomic E-state index is -0.802. The first-order chi connectivity index (χ1) is 13.6. The third-order valence-corrected chi connectivity index (χ3v) is 4.39. The lowest BCUT2D eigenvalue weighted by Crippen LogP contribution is -2.08. The van der Waals surface area contributed by atoms with E-state index in [1.165, 1.54) is 25.0 Å². The highest BCUT2D eigenvalue weighted by atomic mass is 19.1. The molecule has 5 nitrogen and oxygen atoms in total. The van der Waals surface area contributed by atoms with Crippen LogP contribution in [0.2, 0.25) is 0 Å². The zero-order chi connectivity index (χ0) is 19.9. The highest BCUT2D eigenvalue weighted by Gasteiger charge is 2.21. The second-order valence-electron chi connectivity index (χ2n) is 6.76. The molecule has 1 saturated carbocycles. The Morgan fingerprint density at radius 3 is 2.68 bits per heavy atom. The van der Waals surface area contributed by atoms with Gasteiger partial charge in [0.05, 0.1) is 18.9 Å². The quantitative estimate of drug-likeness (QED) is 0.476. The number of anilines is 1. The zero-order valence-corrected chi connectivity index (χ0v) is 15.8. The molecule has 2 aromatic rings. The molecule has 28 heavy (non-hydrogen) atoms. The molecule has 1 aliphatic rings. The Labute approximate surface area is 163 Å². The van der Waals surface area contributed by atoms with Gasteiger partial charge in [0.25, 0.3) is 0 Å². The molecule has 0 aliphatic heterocycles. The molecule has 0 unspecified atom stereocenters. The van der Waals surface area contributed by atoms with Crippen molar-refractivity contribution in [2.75, 3.05) is 25.1 Å². The van der Waals surface area contributed by atoms with Crippen molar-refractivity contribution in [3.8, 4) is 17.0 Å². The van der Waals surface area contributed by atoms with Crippen molar-refractivity contribution in [1.82, 2.24) is 4.98 Å². The molecule has 3 rings (SSSR count). The van der Waals surface area contributed by atoms with Crippen molar-refractivity contribution in [2.24, 2.45) is 5.92 Å². The van der Waals surface area contributed by atoms with Gasteiger partial charge in [0, 0.05) is 18.5 Å². The molecule has 1 fully saturated rings. The van der Waals surface area contributed by atoms with Crippen LogP contribution in [0.5, 0.6) is 5.75 Å². The fourth-order valence-electron chi connectivity index (χ4n) is 2.73. The normalized spacial score (nSPS) is 13.2. The number of esters is 1. The van der Waals surface area contributed by atoms with Crippen LogP contribution in [-0.4, -0.2) is 30.7 Å². The van der Waals surface area contributed by atoms with E-state index < -0.39 is 17.4 Å². The Hall–Kier alpha value is -2.70. The predicted molar refractivity (Wildman–Crippen MR) is 102 cm³/mol. The second kappa shape index (κ2) is 9.48. The van der Waals surface area contributed by atoms with Crippen LogP contribution in [0.3, 0.4) is 0 Å². The third-order valence-electron chi connectivity index (χ3n) is 4.39. The molecule has 0 radical (unpaired) electrons. The van der Waals surface area contributed by atoms with Crippen LogP contribution < -0.4 is 10.1 Å². The molecule has 0 amide bonds. The molecule has 1 N–H and O–H groups in total. The summed E-state index contributed by atoms with van der Waals surface area (Å²) < 4.78 is 38.7. The van der Waals surface area contributed by atoms with E-state index in [2.05, 4.69) is 10.3 Å². The van der Waals surface area contributed by atoms with Gasteiger partial charge in [0.2, 0.25) is 0 Å². The molecule has 1 heterocycles. The van der Waals surface area contributed by atoms with E-state index in [4.69, 9.17) is 9.47 Å². The van der Waals surface area contributed by atoms with Gasteiger partial charge in [-0.15, -0.1) is 0 Å². The Balaban J connectivity index is 1.62. The summed E-state index contributed by atoms with van der Waals surface area (Å²) in [6.45, 7) is 2.90. The van der Waals surface area contributed by atoms with Crippen molar-refractivity contribution in [3.05, 3.63) is 42.0 Å². The molecule has 0 bridgehead atoms. The van der Waals surface area contributed by atoms with Gasteiger partial charge >= 0.3 is 5.97 Å². The van der Waals surface area contributed by atoms with E-state index in [0.717, 1.165) is 6.54 Å². The van der Waals surface area contributed by atoms with Crippen LogP contribution in [0, 0.1) is 17.6 Å². The lowest BCUT2D eigenvalue weighted by molar-refractivity contribution is -0.143. The van der Waals surface area contributed by atoms with Gasteiger partial charge in [-0.1, -0.05) is 6.07 Å². The van der Waals surface area contributed by atoms with E-state index in [1.54, 1.807) is 19.1 Å². The number of hydrogen-bond donors (Lipinski definition) is 1. The Morgan fingerprint density at radius 1 is 1.25 bits per heavy atom. The smallest absolute Gasteiger partial charge is 0.305 e. The van der Waals surface area contributed by atoms with Gasteiger partial charge in [-0.05, 0) is 56.4 Å². The lowest BCUT2D eigenvalue weighted by Gasteiger charge is -2.11. The number of benzene rings is 1. The van der Waals surface area contributed by atoms with Crippen LogP contribution >= 0.6 is 0 Å². The summed E-state index contributed by atoms with van der Waals surface area (Å²) in [5.74, 6) is -1.03. The first-order valence-corrected chi connectivity index (χ1v) is 9.55. The molecule has 0 atom stereocenters. The van der Waals surface area contributed by atoms with E-state index in [1.807, 2.05) is 6.07 Å². The average molecular weight is 390 g/mol. The van der Waals surface area contributed by atoms with Crippen LogP contribution in [-0.2, 0) is 9.53 Å². The van der Waals surface area contributed by atoms with Crippen LogP contribution in [0.1, 0.15) is 32.6 Å². The number of rotatable bonds is 10. The first kappa shape index (κ1) is 20.0. The van der Waals surface area contributed by atoms with Crippen LogP contribution in [0.4, 0.5) is 14.6 Å². The summed E-state index contributed by atoms with van der Waals surface area (Å²) >= 11 is 0. The van der Waals surface area contributed by atoms with Gasteiger partial charge in [-0.2, -0.15) is 0 Å². The number of carbonyl (C=O) groups is 1. The fourth-order valence-corrected chi connectivity index (χ4v) is 2.73. The van der Waals surface area contributed by atoms with Gasteiger partial charge in [0.1, 0.15) is 5.82 Å². The lowest BCUT2D eigenvalue weighted by atomic mass is 10.1. The molecule has 150 valence electrons. The Kier molecular flexibility index (Phi) is 6.79. The van der Waals surface area contributed by atoms with Gasteiger partial charge in [0.15, 0.2) is 17.4 Å². The minimum absolute atomic E-state index is 0.0187. The zero-order valence-electron chi connectivity index (χ0n) is 15.8. The molecule has 7 heteroatoms. The summed E-state index contributed by atoms with van der Waals surface area (Å²) in [6, 6.07) is 7.75. The first-order valence-electron chi connectivity index (χ1n) is 9.55. The summed E-state index contributed by atoms with van der Waals surface area (Å²) in [4.78, 5) is 15.7. The highest BCUT2D eigenvalue weighted by molar-refractivity contribution is 5.69. The molecule has 1 aromatic carbocycles. The summed E-state index contributed by atoms with van der Waals surface area (Å²) in [5, 5.41) is 3.25. The summed E-state index contributed by atoms with van der Waals surface area (Å²) in [7, 11) is 0. The van der Waals surface area contributed by atoms with Crippen molar-refractivity contribution < 1.29 is 23.0 Å². The standard InChI is InChI=1S/C21H24F2N2O3/c1-2-27-20(26)7-4-10-28-21-16(22)11-15(12-17(21)23)18-5-3-6-19(25-18)24-13-14-8-9-14/h3,5-6,11-12,14H,2,4,7-10,13H2,1H3,(H,24,25). The number of aromatic nitrogens is 1. The van der Waals surface area contributed by atoms with E-state index in [9.17, 15) is 13.6 Å². The third kappa shape index (κ3) is 5.65. The number of carbonyl (C=O) groups excluding carboxylic acids is 1. The minimum Gasteiger partial charge on any atom is -0.488 e. The highest BCUT2D eigenvalue weighted by Crippen LogP contribution is 2.30. The predicted octanol–water partition coefficient (Wildman–Crippen LogP) is 4.57. The van der Waals surface area contributed by atoms with Crippen molar-refractivity contribution in [3.63, 3.8) is 0 Å². The largest absolute Gasteiger partial charge is 0.488 e. The number of pyridine rings is 1. The van der Waals surface area contributed by atoms with Crippen LogP contribution in [0.25, 0.3) is 11.3 Å². The molecule has 1 aromatic heterocycles. The monoisotopic (exact) mass is 390 g/mol. The molecular formula is C21H24F2N2O3. The fraction of sp³-hybridized carbons (Fsp3) is 0.429. The maximum absolute atomic E-state index is 14.4. The van der Waals surface area contributed by atoms with Crippen molar-refractivity contribution in [1.29, 1.82) is 0 Å². The number of nitrogens with one attached hydrogen (secondary N) is 1. The number of ether oxygens (including phenoxy) is 2. The summed E-state index contributed by atoms with van der Waals surface area (Å²) in [6.07, 6.45) is 2.91. The van der Waals surface area contributed by atoms with Gasteiger partial charge < -0.3 is 14.8 Å². The second-order valence-corrected chi connectivity index (χ2v) is 6.76. The summed E-state index contributed by atoms with van der Waals surface area (Å²) in [5.41, 5.74) is 0.816. The van der Waals surface area contributed by atoms with Crippen molar-refractivity contribution >= 4 is 11.8 Å². The number of hydrogen-bond acceptors (Lipinski definition) is 5. The average Bonchev–Trinajstić information content (AvgIpc) is 3.50. The Bertz CT molecular complexity index is 802. The van der Waals surface area contributed by atoms with Crippen LogP contribution in [0.15, 0.2) is 30.3 Å². The van der Waals surface area contributed by atoms with Crippen molar-refractivity contribution in [2.45, 2.75) is 32.6 Å². The van der Waals surface area contributed by atoms with E-state index in [-0.39, 0.29) is 19.0 Å². The maximum atomic E-state index is 14.4. The SMILES string of the molecule is CCOC(=O)CCCOc1c(F)cc(-c2cccc(NCC3CC3)n2)cc1F. The maximum Gasteiger partial charge on any atom is 0.305 e. The molecule has 1 aliphatic carbocycles. The van der Waals surface area contributed by atoms with Gasteiger partial charge in [-0.25, -0.2) is 13.8 Å². The number of nitrogens with zero attached hydrogens (tertiary/aromatic N) is 1. The number of halogens is 2. The molecule has 0 spiro atoms. The molecule has 0 saturated heterocycles.